The third kappa shape index (κ3) is 3.35. The summed E-state index contributed by atoms with van der Waals surface area (Å²) in [7, 11) is 0. The molecule has 1 amide bonds. The van der Waals surface area contributed by atoms with Gasteiger partial charge in [-0.1, -0.05) is 30.1 Å². The minimum Gasteiger partial charge on any atom is -0.478 e. The average Bonchev–Trinajstić information content (AvgIpc) is 2.30. The number of benzene rings is 1. The van der Waals surface area contributed by atoms with Crippen LogP contribution in [0.1, 0.15) is 23.7 Å². The number of aromatic carboxylic acids is 1. The molecule has 1 atom stereocenters. The number of rotatable bonds is 4. The lowest BCUT2D eigenvalue weighted by Gasteiger charge is -2.13. The first-order valence-corrected chi connectivity index (χ1v) is 5.91. The van der Waals surface area contributed by atoms with Crippen LogP contribution < -0.4 is 11.1 Å². The van der Waals surface area contributed by atoms with Crippen LogP contribution in [0.4, 0.5) is 5.69 Å². The molecule has 0 aliphatic heterocycles. The number of nitrogens with two attached hydrogens (primary N) is 1. The molecule has 0 aliphatic carbocycles. The Kier molecular flexibility index (Phi) is 4.95. The van der Waals surface area contributed by atoms with Gasteiger partial charge in [0.2, 0.25) is 5.91 Å². The van der Waals surface area contributed by atoms with Crippen molar-refractivity contribution in [1.29, 1.82) is 0 Å². The molecule has 7 heteroatoms. The van der Waals surface area contributed by atoms with Gasteiger partial charge in [0.05, 0.1) is 22.3 Å². The molecule has 1 aromatic carbocycles. The molecular formula is C11H12Cl2N2O3. The van der Waals surface area contributed by atoms with Crippen LogP contribution in [-0.2, 0) is 4.79 Å². The van der Waals surface area contributed by atoms with E-state index in [-0.39, 0.29) is 21.3 Å². The van der Waals surface area contributed by atoms with Gasteiger partial charge in [-0.25, -0.2) is 4.79 Å². The molecular weight excluding hydrogens is 279 g/mol. The average molecular weight is 291 g/mol. The van der Waals surface area contributed by atoms with Gasteiger partial charge >= 0.3 is 5.97 Å². The highest BCUT2D eigenvalue weighted by molar-refractivity contribution is 6.37. The molecule has 4 N–H and O–H groups in total. The molecule has 1 aromatic rings. The highest BCUT2D eigenvalue weighted by Crippen LogP contribution is 2.30. The number of anilines is 1. The highest BCUT2D eigenvalue weighted by atomic mass is 35.5. The first-order chi connectivity index (χ1) is 8.36. The molecule has 5 nitrogen and oxygen atoms in total. The zero-order valence-electron chi connectivity index (χ0n) is 9.54. The van der Waals surface area contributed by atoms with E-state index in [4.69, 9.17) is 34.0 Å². The molecule has 0 bridgehead atoms. The van der Waals surface area contributed by atoms with Crippen molar-refractivity contribution in [1.82, 2.24) is 0 Å². The van der Waals surface area contributed by atoms with E-state index < -0.39 is 17.9 Å². The Bertz CT molecular complexity index is 491. The van der Waals surface area contributed by atoms with Crippen molar-refractivity contribution in [2.75, 3.05) is 5.32 Å². The van der Waals surface area contributed by atoms with E-state index in [2.05, 4.69) is 5.32 Å². The lowest BCUT2D eigenvalue weighted by molar-refractivity contribution is -0.117. The first-order valence-electron chi connectivity index (χ1n) is 5.15. The standard InChI is InChI=1S/C11H12Cl2N2O3/c1-2-8(14)10(16)15-9-6(11(17)18)3-5(12)4-7(9)13/h3-4,8H,2,14H2,1H3,(H,15,16)(H,17,18). The van der Waals surface area contributed by atoms with Crippen molar-refractivity contribution in [3.8, 4) is 0 Å². The summed E-state index contributed by atoms with van der Waals surface area (Å²) in [6, 6.07) is 1.84. The van der Waals surface area contributed by atoms with Crippen LogP contribution in [0.3, 0.4) is 0 Å². The minimum absolute atomic E-state index is 0.00228. The zero-order chi connectivity index (χ0) is 13.9. The molecule has 0 spiro atoms. The fraction of sp³-hybridized carbons (Fsp3) is 0.273. The summed E-state index contributed by atoms with van der Waals surface area (Å²) in [6.45, 7) is 1.74. The van der Waals surface area contributed by atoms with Gasteiger partial charge in [0, 0.05) is 5.02 Å². The fourth-order valence-electron chi connectivity index (χ4n) is 1.27. The predicted octanol–water partition coefficient (Wildman–Crippen LogP) is 2.37. The van der Waals surface area contributed by atoms with Crippen LogP contribution in [0.5, 0.6) is 0 Å². The van der Waals surface area contributed by atoms with Crippen LogP contribution in [0.15, 0.2) is 12.1 Å². The molecule has 1 rings (SSSR count). The van der Waals surface area contributed by atoms with Crippen molar-refractivity contribution in [3.63, 3.8) is 0 Å². The number of amides is 1. The van der Waals surface area contributed by atoms with Crippen molar-refractivity contribution in [3.05, 3.63) is 27.7 Å². The van der Waals surface area contributed by atoms with E-state index in [9.17, 15) is 9.59 Å². The Morgan fingerprint density at radius 2 is 2.06 bits per heavy atom. The summed E-state index contributed by atoms with van der Waals surface area (Å²) in [5, 5.41) is 11.7. The number of hydrogen-bond acceptors (Lipinski definition) is 3. The van der Waals surface area contributed by atoms with Crippen molar-refractivity contribution in [2.45, 2.75) is 19.4 Å². The molecule has 0 heterocycles. The summed E-state index contributed by atoms with van der Waals surface area (Å²) >= 11 is 11.6. The van der Waals surface area contributed by atoms with Gasteiger partial charge in [-0.3, -0.25) is 4.79 Å². The Morgan fingerprint density at radius 1 is 1.44 bits per heavy atom. The number of halogens is 2. The number of nitrogens with one attached hydrogen (secondary N) is 1. The second-order valence-corrected chi connectivity index (χ2v) is 4.46. The molecule has 0 saturated heterocycles. The SMILES string of the molecule is CCC(N)C(=O)Nc1c(Cl)cc(Cl)cc1C(=O)O. The lowest BCUT2D eigenvalue weighted by atomic mass is 10.1. The second kappa shape index (κ2) is 6.04. The van der Waals surface area contributed by atoms with E-state index >= 15 is 0 Å². The Morgan fingerprint density at radius 3 is 2.56 bits per heavy atom. The van der Waals surface area contributed by atoms with Crippen LogP contribution in [-0.4, -0.2) is 23.0 Å². The topological polar surface area (TPSA) is 92.4 Å². The van der Waals surface area contributed by atoms with Crippen molar-refractivity contribution < 1.29 is 14.7 Å². The lowest BCUT2D eigenvalue weighted by Crippen LogP contribution is -2.35. The first kappa shape index (κ1) is 14.8. The van der Waals surface area contributed by atoms with Gasteiger partial charge in [-0.2, -0.15) is 0 Å². The molecule has 98 valence electrons. The van der Waals surface area contributed by atoms with Crippen LogP contribution in [0.25, 0.3) is 0 Å². The van der Waals surface area contributed by atoms with E-state index in [0.717, 1.165) is 0 Å². The third-order valence-corrected chi connectivity index (χ3v) is 2.83. The van der Waals surface area contributed by atoms with E-state index in [1.165, 1.54) is 12.1 Å². The zero-order valence-corrected chi connectivity index (χ0v) is 11.0. The van der Waals surface area contributed by atoms with Gasteiger partial charge in [0.15, 0.2) is 0 Å². The molecule has 0 radical (unpaired) electrons. The van der Waals surface area contributed by atoms with Crippen molar-refractivity contribution in [2.24, 2.45) is 5.73 Å². The summed E-state index contributed by atoms with van der Waals surface area (Å²) in [5.74, 6) is -1.73. The Labute approximate surface area is 114 Å². The summed E-state index contributed by atoms with van der Waals surface area (Å²) in [4.78, 5) is 22.7. The van der Waals surface area contributed by atoms with Gasteiger partial charge in [0.1, 0.15) is 0 Å². The second-order valence-electron chi connectivity index (χ2n) is 3.62. The maximum absolute atomic E-state index is 11.6. The third-order valence-electron chi connectivity index (χ3n) is 2.31. The quantitative estimate of drug-likeness (QED) is 0.794. The summed E-state index contributed by atoms with van der Waals surface area (Å²) in [6.07, 6.45) is 0.430. The normalized spacial score (nSPS) is 12.0. The molecule has 0 aliphatic rings. The van der Waals surface area contributed by atoms with Gasteiger partial charge in [-0.05, 0) is 18.6 Å². The molecule has 1 unspecified atom stereocenters. The molecule has 0 fully saturated rings. The number of carboxylic acids is 1. The Balaban J connectivity index is 3.15. The Hall–Kier alpha value is -1.30. The van der Waals surface area contributed by atoms with Crippen LogP contribution in [0, 0.1) is 0 Å². The number of hydrogen-bond donors (Lipinski definition) is 3. The maximum Gasteiger partial charge on any atom is 0.337 e. The van der Waals surface area contributed by atoms with E-state index in [1.807, 2.05) is 0 Å². The van der Waals surface area contributed by atoms with Crippen molar-refractivity contribution >= 4 is 40.8 Å². The predicted molar refractivity (Wildman–Crippen MR) is 70.3 cm³/mol. The number of carboxylic acid groups (broad SMARTS) is 1. The monoisotopic (exact) mass is 290 g/mol. The molecule has 0 saturated carbocycles. The minimum atomic E-state index is -1.24. The fourth-order valence-corrected chi connectivity index (χ4v) is 1.81. The number of carbonyl (C=O) groups excluding carboxylic acids is 1. The van der Waals surface area contributed by atoms with E-state index in [1.54, 1.807) is 6.92 Å². The molecule has 18 heavy (non-hydrogen) atoms. The van der Waals surface area contributed by atoms with Gasteiger partial charge < -0.3 is 16.2 Å². The molecule has 0 aromatic heterocycles. The van der Waals surface area contributed by atoms with Crippen LogP contribution in [0.2, 0.25) is 10.0 Å². The van der Waals surface area contributed by atoms with Crippen LogP contribution >= 0.6 is 23.2 Å². The summed E-state index contributed by atoms with van der Waals surface area (Å²) in [5.41, 5.74) is 5.37. The number of carbonyl (C=O) groups is 2. The maximum atomic E-state index is 11.6. The highest BCUT2D eigenvalue weighted by Gasteiger charge is 2.19. The largest absolute Gasteiger partial charge is 0.478 e. The van der Waals surface area contributed by atoms with Gasteiger partial charge in [-0.15, -0.1) is 0 Å². The smallest absolute Gasteiger partial charge is 0.337 e. The summed E-state index contributed by atoms with van der Waals surface area (Å²) < 4.78 is 0. The van der Waals surface area contributed by atoms with Gasteiger partial charge in [0.25, 0.3) is 0 Å². The van der Waals surface area contributed by atoms with E-state index in [0.29, 0.717) is 6.42 Å².